The molecule has 8 nitrogen and oxygen atoms in total. The third kappa shape index (κ3) is 4.02. The van der Waals surface area contributed by atoms with Crippen LogP contribution < -0.4 is 16.6 Å². The lowest BCUT2D eigenvalue weighted by Gasteiger charge is -2.36. The van der Waals surface area contributed by atoms with E-state index in [0.29, 0.717) is 44.2 Å². The van der Waals surface area contributed by atoms with E-state index in [0.717, 1.165) is 16.5 Å². The Balaban J connectivity index is 0.00000259. The summed E-state index contributed by atoms with van der Waals surface area (Å²) < 4.78 is 6.91. The van der Waals surface area contributed by atoms with Crippen molar-refractivity contribution in [3.8, 4) is 6.07 Å². The quantitative estimate of drug-likeness (QED) is 0.495. The van der Waals surface area contributed by atoms with Gasteiger partial charge in [0.2, 0.25) is 0 Å². The van der Waals surface area contributed by atoms with Crippen molar-refractivity contribution in [1.29, 1.82) is 5.26 Å². The molecule has 0 bridgehead atoms. The van der Waals surface area contributed by atoms with Crippen LogP contribution in [0.15, 0.2) is 68.7 Å². The minimum Gasteiger partial charge on any atom is -0.459 e. The number of hydrogen-bond donors (Lipinski definition) is 1. The Labute approximate surface area is 194 Å². The number of carbonyl (C=O) groups is 1. The van der Waals surface area contributed by atoms with E-state index < -0.39 is 0 Å². The minimum absolute atomic E-state index is 0. The van der Waals surface area contributed by atoms with Crippen molar-refractivity contribution in [3.05, 3.63) is 86.7 Å². The van der Waals surface area contributed by atoms with Crippen LogP contribution in [0.3, 0.4) is 0 Å². The first-order valence-electron chi connectivity index (χ1n) is 10.3. The van der Waals surface area contributed by atoms with E-state index in [1.165, 1.54) is 6.26 Å². The number of hydrogen-bond acceptors (Lipinski definition) is 7. The summed E-state index contributed by atoms with van der Waals surface area (Å²) in [5, 5.41) is 14.8. The fourth-order valence-electron chi connectivity index (χ4n) is 4.23. The number of nitriles is 1. The molecular formula is C24H23N5O3S. The number of fused-ring (bicyclic) bond motifs is 1. The maximum atomic E-state index is 13.4. The number of furan rings is 1. The number of nitrogens with zero attached hydrogens (tertiary/aromatic N) is 4. The highest BCUT2D eigenvalue weighted by Gasteiger charge is 2.27. The van der Waals surface area contributed by atoms with E-state index in [-0.39, 0.29) is 23.2 Å². The molecule has 0 aliphatic carbocycles. The second kappa shape index (κ2) is 9.32. The third-order valence-electron chi connectivity index (χ3n) is 5.79. The maximum absolute atomic E-state index is 13.4. The van der Waals surface area contributed by atoms with Gasteiger partial charge >= 0.3 is 0 Å². The predicted molar refractivity (Wildman–Crippen MR) is 128 cm³/mol. The van der Waals surface area contributed by atoms with Crippen LogP contribution in [-0.4, -0.2) is 41.6 Å². The average molecular weight is 462 g/mol. The second-order valence-corrected chi connectivity index (χ2v) is 8.41. The summed E-state index contributed by atoms with van der Waals surface area (Å²) in [6.07, 6.45) is 1.49. The van der Waals surface area contributed by atoms with Gasteiger partial charge in [-0.1, -0.05) is 18.2 Å². The minimum atomic E-state index is -0.290. The molecule has 5 rings (SSSR count). The molecule has 1 aromatic carbocycles. The summed E-state index contributed by atoms with van der Waals surface area (Å²) in [4.78, 5) is 29.8. The first-order chi connectivity index (χ1) is 15.7. The zero-order valence-electron chi connectivity index (χ0n) is 17.9. The van der Waals surface area contributed by atoms with Crippen molar-refractivity contribution >= 4 is 33.8 Å². The van der Waals surface area contributed by atoms with Crippen LogP contribution in [0.5, 0.6) is 0 Å². The van der Waals surface area contributed by atoms with Crippen LogP contribution in [0.2, 0.25) is 0 Å². The lowest BCUT2D eigenvalue weighted by Crippen LogP contribution is -2.49. The number of carbonyl (C=O) groups excluding carboxylic acids is 1. The van der Waals surface area contributed by atoms with Crippen molar-refractivity contribution in [2.75, 3.05) is 31.1 Å². The fourth-order valence-corrected chi connectivity index (χ4v) is 4.89. The molecule has 33 heavy (non-hydrogen) atoms. The summed E-state index contributed by atoms with van der Waals surface area (Å²) in [6.45, 7) is 2.44. The number of amides is 1. The highest BCUT2D eigenvalue weighted by molar-refractivity contribution is 7.07. The molecule has 0 spiro atoms. The van der Waals surface area contributed by atoms with Gasteiger partial charge in [0, 0.05) is 31.6 Å². The normalized spacial score (nSPS) is 13.5. The Morgan fingerprint density at radius 1 is 1.09 bits per heavy atom. The summed E-state index contributed by atoms with van der Waals surface area (Å²) in [7, 11) is 0. The molecule has 4 heterocycles. The average Bonchev–Trinajstić information content (AvgIpc) is 3.55. The molecule has 168 valence electrons. The molecule has 3 N–H and O–H groups in total. The topological polar surface area (TPSA) is 117 Å². The molecule has 1 fully saturated rings. The zero-order chi connectivity index (χ0) is 22.1. The van der Waals surface area contributed by atoms with E-state index in [1.807, 2.05) is 46.0 Å². The number of benzene rings is 1. The van der Waals surface area contributed by atoms with Crippen LogP contribution in [0.1, 0.15) is 21.7 Å². The van der Waals surface area contributed by atoms with Gasteiger partial charge in [0.1, 0.15) is 11.6 Å². The molecule has 1 aliphatic heterocycles. The van der Waals surface area contributed by atoms with Gasteiger partial charge in [0.25, 0.3) is 11.5 Å². The standard InChI is InChI=1S/C24H20N4O3S.H3N/c25-14-19-22(26-8-10-27(11-9-26)24(30)21-6-3-12-31-21)18-4-1-2-5-20(18)28(23(19)29)15-17-7-13-32-16-17;/h1-7,12-13,16H,8-11,15H2;1H3. The SMILES string of the molecule is N.N#Cc1c(N2CCN(C(=O)c3ccco3)CC2)c2ccccc2n(Cc2ccsc2)c1=O. The van der Waals surface area contributed by atoms with Crippen LogP contribution in [0, 0.1) is 11.3 Å². The highest BCUT2D eigenvalue weighted by atomic mass is 32.1. The summed E-state index contributed by atoms with van der Waals surface area (Å²) in [5.74, 6) is 0.170. The molecule has 0 saturated carbocycles. The first kappa shape index (κ1) is 22.3. The monoisotopic (exact) mass is 461 g/mol. The zero-order valence-corrected chi connectivity index (χ0v) is 18.8. The largest absolute Gasteiger partial charge is 0.459 e. The molecule has 0 radical (unpaired) electrons. The molecule has 3 aromatic heterocycles. The summed E-state index contributed by atoms with van der Waals surface area (Å²) >= 11 is 1.58. The molecular weight excluding hydrogens is 438 g/mol. The van der Waals surface area contributed by atoms with E-state index in [2.05, 4.69) is 6.07 Å². The maximum Gasteiger partial charge on any atom is 0.289 e. The van der Waals surface area contributed by atoms with Crippen molar-refractivity contribution in [2.45, 2.75) is 6.54 Å². The van der Waals surface area contributed by atoms with Gasteiger partial charge in [-0.15, -0.1) is 0 Å². The molecule has 1 saturated heterocycles. The van der Waals surface area contributed by atoms with Crippen molar-refractivity contribution in [1.82, 2.24) is 15.6 Å². The molecule has 4 aromatic rings. The molecule has 1 aliphatic rings. The van der Waals surface area contributed by atoms with Gasteiger partial charge in [-0.05, 0) is 40.6 Å². The van der Waals surface area contributed by atoms with Crippen molar-refractivity contribution < 1.29 is 9.21 Å². The number of pyridine rings is 1. The van der Waals surface area contributed by atoms with Crippen LogP contribution in [-0.2, 0) is 6.54 Å². The van der Waals surface area contributed by atoms with Crippen molar-refractivity contribution in [3.63, 3.8) is 0 Å². The van der Waals surface area contributed by atoms with Crippen molar-refractivity contribution in [2.24, 2.45) is 0 Å². The van der Waals surface area contributed by atoms with Gasteiger partial charge in [0.15, 0.2) is 5.76 Å². The van der Waals surface area contributed by atoms with Crippen LogP contribution >= 0.6 is 11.3 Å². The number of rotatable bonds is 4. The highest BCUT2D eigenvalue weighted by Crippen LogP contribution is 2.30. The van der Waals surface area contributed by atoms with Gasteiger partial charge < -0.3 is 24.9 Å². The van der Waals surface area contributed by atoms with E-state index in [9.17, 15) is 14.9 Å². The Morgan fingerprint density at radius 2 is 1.88 bits per heavy atom. The van der Waals surface area contributed by atoms with Gasteiger partial charge in [0.05, 0.1) is 24.0 Å². The lowest BCUT2D eigenvalue weighted by molar-refractivity contribution is 0.0715. The number of para-hydroxylation sites is 1. The molecule has 9 heteroatoms. The Kier molecular flexibility index (Phi) is 6.31. The number of thiophene rings is 1. The molecule has 0 unspecified atom stereocenters. The Bertz CT molecular complexity index is 1360. The molecule has 1 amide bonds. The number of anilines is 1. The van der Waals surface area contributed by atoms with Gasteiger partial charge in [-0.2, -0.15) is 16.6 Å². The van der Waals surface area contributed by atoms with Crippen LogP contribution in [0.4, 0.5) is 5.69 Å². The third-order valence-corrected chi connectivity index (χ3v) is 6.53. The number of piperazine rings is 1. The summed E-state index contributed by atoms with van der Waals surface area (Å²) in [5.41, 5.74) is 2.33. The van der Waals surface area contributed by atoms with E-state index in [1.54, 1.807) is 32.9 Å². The lowest BCUT2D eigenvalue weighted by atomic mass is 10.1. The Hall–Kier alpha value is -3.87. The van der Waals surface area contributed by atoms with Gasteiger partial charge in [-0.25, -0.2) is 0 Å². The van der Waals surface area contributed by atoms with E-state index in [4.69, 9.17) is 4.42 Å². The van der Waals surface area contributed by atoms with E-state index >= 15 is 0 Å². The van der Waals surface area contributed by atoms with Gasteiger partial charge in [-0.3, -0.25) is 9.59 Å². The molecule has 0 atom stereocenters. The number of aromatic nitrogens is 1. The fraction of sp³-hybridized carbons (Fsp3) is 0.208. The predicted octanol–water partition coefficient (Wildman–Crippen LogP) is 3.70. The van der Waals surface area contributed by atoms with Crippen LogP contribution in [0.25, 0.3) is 10.9 Å². The second-order valence-electron chi connectivity index (χ2n) is 7.63. The first-order valence-corrected chi connectivity index (χ1v) is 11.3. The summed E-state index contributed by atoms with van der Waals surface area (Å²) in [6, 6.07) is 15.2. The smallest absolute Gasteiger partial charge is 0.289 e. The Morgan fingerprint density at radius 3 is 2.55 bits per heavy atom.